The van der Waals surface area contributed by atoms with Crippen molar-refractivity contribution in [1.29, 1.82) is 0 Å². The number of amides is 1. The Labute approximate surface area is 157 Å². The average molecular weight is 373 g/mol. The zero-order valence-electron chi connectivity index (χ0n) is 14.8. The maximum absolute atomic E-state index is 12.5. The van der Waals surface area contributed by atoms with Crippen LogP contribution >= 0.6 is 11.8 Å². The molecule has 2 aromatic rings. The lowest BCUT2D eigenvalue weighted by Crippen LogP contribution is -2.45. The molecular formula is C19H23N3O3S. The van der Waals surface area contributed by atoms with Crippen LogP contribution in [0, 0.1) is 0 Å². The molecule has 1 aliphatic rings. The molecule has 3 rings (SSSR count). The molecule has 26 heavy (non-hydrogen) atoms. The fraction of sp³-hybridized carbons (Fsp3) is 0.421. The van der Waals surface area contributed by atoms with E-state index in [1.165, 1.54) is 12.7 Å². The third-order valence-corrected chi connectivity index (χ3v) is 5.16. The minimum Gasteiger partial charge on any atom is -0.477 e. The molecule has 138 valence electrons. The molecule has 0 bridgehead atoms. The van der Waals surface area contributed by atoms with Crippen LogP contribution in [0.2, 0.25) is 0 Å². The van der Waals surface area contributed by atoms with E-state index < -0.39 is 0 Å². The van der Waals surface area contributed by atoms with E-state index in [0.717, 1.165) is 25.1 Å². The third kappa shape index (κ3) is 5.11. The number of piperidine rings is 1. The molecule has 0 radical (unpaired) electrons. The molecule has 1 unspecified atom stereocenters. The first kappa shape index (κ1) is 18.5. The van der Waals surface area contributed by atoms with Crippen LogP contribution in [0.15, 0.2) is 42.7 Å². The number of benzene rings is 1. The molecular weight excluding hydrogens is 350 g/mol. The molecule has 0 spiro atoms. The van der Waals surface area contributed by atoms with Gasteiger partial charge >= 0.3 is 0 Å². The highest BCUT2D eigenvalue weighted by Gasteiger charge is 2.26. The van der Waals surface area contributed by atoms with Crippen LogP contribution in [-0.2, 0) is 10.5 Å². The first-order valence-electron chi connectivity index (χ1n) is 8.67. The van der Waals surface area contributed by atoms with Crippen molar-refractivity contribution in [3.63, 3.8) is 0 Å². The molecule has 2 heterocycles. The fourth-order valence-corrected chi connectivity index (χ4v) is 3.76. The predicted octanol–water partition coefficient (Wildman–Crippen LogP) is 2.79. The Hall–Kier alpha value is -2.28. The first-order valence-corrected chi connectivity index (χ1v) is 9.83. The van der Waals surface area contributed by atoms with Crippen LogP contribution in [0.1, 0.15) is 18.4 Å². The number of rotatable bonds is 7. The van der Waals surface area contributed by atoms with Gasteiger partial charge in [-0.3, -0.25) is 4.79 Å². The molecule has 0 N–H and O–H groups in total. The summed E-state index contributed by atoms with van der Waals surface area (Å²) in [4.78, 5) is 22.7. The van der Waals surface area contributed by atoms with Crippen LogP contribution in [0.3, 0.4) is 0 Å². The quantitative estimate of drug-likeness (QED) is 0.744. The van der Waals surface area contributed by atoms with Crippen LogP contribution in [0.4, 0.5) is 0 Å². The summed E-state index contributed by atoms with van der Waals surface area (Å²) in [6.07, 6.45) is 4.86. The molecule has 6 nitrogen and oxygen atoms in total. The van der Waals surface area contributed by atoms with E-state index >= 15 is 0 Å². The standard InChI is InChI=1S/C19H23N3O3S/c1-24-18-19(21-10-9-20-18)25-16-8-5-11-22(12-16)17(23)14-26-13-15-6-3-2-4-7-15/h2-4,6-7,9-10,16H,5,8,11-14H2,1H3. The SMILES string of the molecule is COc1nccnc1OC1CCCN(C(=O)CSCc2ccccc2)C1. The second-order valence-electron chi connectivity index (χ2n) is 6.07. The van der Waals surface area contributed by atoms with Crippen molar-refractivity contribution >= 4 is 17.7 Å². The van der Waals surface area contributed by atoms with Gasteiger partial charge in [-0.15, -0.1) is 11.8 Å². The Morgan fingerprint density at radius 2 is 2.00 bits per heavy atom. The van der Waals surface area contributed by atoms with E-state index in [-0.39, 0.29) is 12.0 Å². The van der Waals surface area contributed by atoms with Gasteiger partial charge in [-0.1, -0.05) is 30.3 Å². The number of thioether (sulfide) groups is 1. The van der Waals surface area contributed by atoms with Crippen molar-refractivity contribution in [3.8, 4) is 11.8 Å². The Bertz CT molecular complexity index is 714. The zero-order valence-corrected chi connectivity index (χ0v) is 15.7. The Morgan fingerprint density at radius 1 is 1.23 bits per heavy atom. The number of hydrogen-bond donors (Lipinski definition) is 0. The minimum absolute atomic E-state index is 0.0857. The minimum atomic E-state index is -0.0857. The summed E-state index contributed by atoms with van der Waals surface area (Å²) < 4.78 is 11.1. The second-order valence-corrected chi connectivity index (χ2v) is 7.06. The van der Waals surface area contributed by atoms with Gasteiger partial charge in [0.1, 0.15) is 6.10 Å². The van der Waals surface area contributed by atoms with Gasteiger partial charge in [0.25, 0.3) is 11.8 Å². The molecule has 1 amide bonds. The van der Waals surface area contributed by atoms with Gasteiger partial charge in [0, 0.05) is 24.7 Å². The molecule has 1 aromatic carbocycles. The predicted molar refractivity (Wildman–Crippen MR) is 101 cm³/mol. The number of carbonyl (C=O) groups is 1. The summed E-state index contributed by atoms with van der Waals surface area (Å²) >= 11 is 1.65. The lowest BCUT2D eigenvalue weighted by atomic mass is 10.1. The highest BCUT2D eigenvalue weighted by molar-refractivity contribution is 7.99. The first-order chi connectivity index (χ1) is 12.8. The summed E-state index contributed by atoms with van der Waals surface area (Å²) in [5.41, 5.74) is 1.24. The van der Waals surface area contributed by atoms with E-state index in [1.54, 1.807) is 24.2 Å². The highest BCUT2D eigenvalue weighted by Crippen LogP contribution is 2.24. The lowest BCUT2D eigenvalue weighted by molar-refractivity contribution is -0.130. The number of carbonyl (C=O) groups excluding carboxylic acids is 1. The van der Waals surface area contributed by atoms with Crippen molar-refractivity contribution in [2.75, 3.05) is 26.0 Å². The molecule has 0 aliphatic carbocycles. The van der Waals surface area contributed by atoms with Gasteiger partial charge < -0.3 is 14.4 Å². The van der Waals surface area contributed by atoms with Crippen LogP contribution < -0.4 is 9.47 Å². The van der Waals surface area contributed by atoms with E-state index in [9.17, 15) is 4.79 Å². The van der Waals surface area contributed by atoms with Crippen molar-refractivity contribution in [3.05, 3.63) is 48.3 Å². The number of aromatic nitrogens is 2. The molecule has 1 aromatic heterocycles. The summed E-state index contributed by atoms with van der Waals surface area (Å²) in [6, 6.07) is 10.2. The van der Waals surface area contributed by atoms with E-state index in [2.05, 4.69) is 22.1 Å². The smallest absolute Gasteiger partial charge is 0.278 e. The van der Waals surface area contributed by atoms with Gasteiger partial charge in [-0.05, 0) is 18.4 Å². The molecule has 1 atom stereocenters. The summed E-state index contributed by atoms with van der Waals surface area (Å²) in [5.74, 6) is 2.24. The lowest BCUT2D eigenvalue weighted by Gasteiger charge is -2.32. The third-order valence-electron chi connectivity index (χ3n) is 4.17. The number of ether oxygens (including phenoxy) is 2. The van der Waals surface area contributed by atoms with Crippen molar-refractivity contribution in [2.45, 2.75) is 24.7 Å². The van der Waals surface area contributed by atoms with Gasteiger partial charge in [0.15, 0.2) is 0 Å². The van der Waals surface area contributed by atoms with Crippen LogP contribution in [0.25, 0.3) is 0 Å². The zero-order chi connectivity index (χ0) is 18.2. The summed E-state index contributed by atoms with van der Waals surface area (Å²) in [7, 11) is 1.54. The van der Waals surface area contributed by atoms with Gasteiger partial charge in [-0.2, -0.15) is 0 Å². The van der Waals surface area contributed by atoms with Crippen molar-refractivity contribution in [1.82, 2.24) is 14.9 Å². The van der Waals surface area contributed by atoms with Crippen LogP contribution in [0.5, 0.6) is 11.8 Å². The average Bonchev–Trinajstić information content (AvgIpc) is 2.69. The van der Waals surface area contributed by atoms with Crippen molar-refractivity contribution in [2.24, 2.45) is 0 Å². The second kappa shape index (κ2) is 9.43. The normalized spacial score (nSPS) is 17.0. The highest BCUT2D eigenvalue weighted by atomic mass is 32.2. The largest absolute Gasteiger partial charge is 0.477 e. The number of methoxy groups -OCH3 is 1. The van der Waals surface area contributed by atoms with Crippen molar-refractivity contribution < 1.29 is 14.3 Å². The topological polar surface area (TPSA) is 64.6 Å². The molecule has 0 saturated carbocycles. The molecule has 7 heteroatoms. The van der Waals surface area contributed by atoms with Gasteiger partial charge in [-0.25, -0.2) is 9.97 Å². The fourth-order valence-electron chi connectivity index (χ4n) is 2.87. The number of hydrogen-bond acceptors (Lipinski definition) is 6. The Kier molecular flexibility index (Phi) is 6.71. The number of likely N-dealkylation sites (tertiary alicyclic amines) is 1. The van der Waals surface area contributed by atoms with Gasteiger partial charge in [0.2, 0.25) is 5.91 Å². The van der Waals surface area contributed by atoms with E-state index in [1.807, 2.05) is 23.1 Å². The summed E-state index contributed by atoms with van der Waals surface area (Å²) in [6.45, 7) is 1.35. The van der Waals surface area contributed by atoms with E-state index in [0.29, 0.717) is 24.1 Å². The molecule has 1 saturated heterocycles. The monoisotopic (exact) mass is 373 g/mol. The Balaban J connectivity index is 1.49. The van der Waals surface area contributed by atoms with Crippen LogP contribution in [-0.4, -0.2) is 52.8 Å². The Morgan fingerprint density at radius 3 is 2.77 bits per heavy atom. The summed E-state index contributed by atoms with van der Waals surface area (Å²) in [5, 5.41) is 0. The van der Waals surface area contributed by atoms with E-state index in [4.69, 9.17) is 9.47 Å². The van der Waals surface area contributed by atoms with Gasteiger partial charge in [0.05, 0.1) is 19.4 Å². The number of nitrogens with zero attached hydrogens (tertiary/aromatic N) is 3. The maximum atomic E-state index is 12.5. The molecule has 1 aliphatic heterocycles. The maximum Gasteiger partial charge on any atom is 0.278 e. The molecule has 1 fully saturated rings.